The van der Waals surface area contributed by atoms with Crippen molar-refractivity contribution in [3.63, 3.8) is 0 Å². The number of alkyl halides is 6. The van der Waals surface area contributed by atoms with Gasteiger partial charge in [-0.15, -0.1) is 0 Å². The summed E-state index contributed by atoms with van der Waals surface area (Å²) in [6, 6.07) is 0. The summed E-state index contributed by atoms with van der Waals surface area (Å²) in [5.74, 6) is -18.9. The van der Waals surface area contributed by atoms with Crippen molar-refractivity contribution in [2.45, 2.75) is 17.8 Å². The molecule has 0 aromatic rings. The SMILES string of the molecule is C=C1NC(=O)C(F)(F)C(F)(F)C1(F)F. The largest absolute Gasteiger partial charge is 0.393 e. The lowest BCUT2D eigenvalue weighted by Gasteiger charge is -2.37. The fourth-order valence-corrected chi connectivity index (χ4v) is 0.823. The molecule has 1 aliphatic rings. The summed E-state index contributed by atoms with van der Waals surface area (Å²) in [6.07, 6.45) is 0. The summed E-state index contributed by atoms with van der Waals surface area (Å²) in [5.41, 5.74) is -1.74. The van der Waals surface area contributed by atoms with E-state index in [0.717, 1.165) is 5.32 Å². The topological polar surface area (TPSA) is 29.1 Å². The fraction of sp³-hybridized carbons (Fsp3) is 0.500. The molecule has 1 saturated heterocycles. The highest BCUT2D eigenvalue weighted by atomic mass is 19.3. The van der Waals surface area contributed by atoms with Gasteiger partial charge in [0.1, 0.15) is 0 Å². The van der Waals surface area contributed by atoms with Gasteiger partial charge in [-0.05, 0) is 0 Å². The molecule has 0 spiro atoms. The zero-order chi connectivity index (χ0) is 11.4. The van der Waals surface area contributed by atoms with E-state index in [9.17, 15) is 31.1 Å². The summed E-state index contributed by atoms with van der Waals surface area (Å²) >= 11 is 0. The number of halogens is 6. The molecule has 0 radical (unpaired) electrons. The Morgan fingerprint density at radius 2 is 1.43 bits per heavy atom. The molecule has 0 bridgehead atoms. The minimum atomic E-state index is -5.76. The van der Waals surface area contributed by atoms with Gasteiger partial charge < -0.3 is 5.32 Å². The molecule has 80 valence electrons. The smallest absolute Gasteiger partial charge is 0.319 e. The molecule has 2 nitrogen and oxygen atoms in total. The van der Waals surface area contributed by atoms with Crippen LogP contribution in [0, 0.1) is 0 Å². The highest BCUT2D eigenvalue weighted by Crippen LogP contribution is 2.50. The van der Waals surface area contributed by atoms with Gasteiger partial charge in [-0.25, -0.2) is 0 Å². The molecule has 0 aromatic carbocycles. The molecule has 0 unspecified atom stereocenters. The van der Waals surface area contributed by atoms with Crippen molar-refractivity contribution in [2.75, 3.05) is 0 Å². The van der Waals surface area contributed by atoms with Gasteiger partial charge in [0.25, 0.3) is 0 Å². The molecule has 1 amide bonds. The first-order chi connectivity index (χ1) is 6.05. The van der Waals surface area contributed by atoms with Gasteiger partial charge in [0.05, 0.1) is 5.70 Å². The van der Waals surface area contributed by atoms with Crippen LogP contribution in [0.5, 0.6) is 0 Å². The summed E-state index contributed by atoms with van der Waals surface area (Å²) in [4.78, 5) is 10.3. The van der Waals surface area contributed by atoms with Gasteiger partial charge in [0, 0.05) is 0 Å². The van der Waals surface area contributed by atoms with Crippen LogP contribution in [0.1, 0.15) is 0 Å². The maximum absolute atomic E-state index is 12.5. The summed E-state index contributed by atoms with van der Waals surface area (Å²) in [5, 5.41) is 0.902. The van der Waals surface area contributed by atoms with E-state index in [2.05, 4.69) is 6.58 Å². The number of carbonyl (C=O) groups is 1. The van der Waals surface area contributed by atoms with Crippen molar-refractivity contribution in [2.24, 2.45) is 0 Å². The quantitative estimate of drug-likeness (QED) is 0.615. The molecule has 1 heterocycles. The van der Waals surface area contributed by atoms with E-state index in [1.54, 1.807) is 0 Å². The fourth-order valence-electron chi connectivity index (χ4n) is 0.823. The number of nitrogens with one attached hydrogen (secondary N) is 1. The normalized spacial score (nSPS) is 28.4. The second kappa shape index (κ2) is 2.43. The van der Waals surface area contributed by atoms with E-state index in [1.807, 2.05) is 0 Å². The first kappa shape index (κ1) is 10.9. The highest BCUT2D eigenvalue weighted by molar-refractivity contribution is 5.88. The third kappa shape index (κ3) is 0.962. The second-order valence-electron chi connectivity index (χ2n) is 2.66. The first-order valence-corrected chi connectivity index (χ1v) is 3.19. The lowest BCUT2D eigenvalue weighted by molar-refractivity contribution is -0.294. The van der Waals surface area contributed by atoms with E-state index in [1.165, 1.54) is 0 Å². The Kier molecular flexibility index (Phi) is 1.88. The predicted octanol–water partition coefficient (Wildman–Crippen LogP) is 1.54. The number of piperidine rings is 1. The molecule has 1 fully saturated rings. The van der Waals surface area contributed by atoms with Crippen LogP contribution in [-0.4, -0.2) is 23.7 Å². The van der Waals surface area contributed by atoms with Crippen LogP contribution in [0.2, 0.25) is 0 Å². The van der Waals surface area contributed by atoms with Crippen LogP contribution < -0.4 is 5.32 Å². The molecule has 0 saturated carbocycles. The van der Waals surface area contributed by atoms with Crippen molar-refractivity contribution in [1.82, 2.24) is 5.32 Å². The highest BCUT2D eigenvalue weighted by Gasteiger charge is 2.79. The second-order valence-corrected chi connectivity index (χ2v) is 2.66. The van der Waals surface area contributed by atoms with Crippen molar-refractivity contribution < 1.29 is 31.1 Å². The Morgan fingerprint density at radius 3 is 1.86 bits per heavy atom. The Morgan fingerprint density at radius 1 is 1.00 bits per heavy atom. The molecule has 1 rings (SSSR count). The van der Waals surface area contributed by atoms with Crippen molar-refractivity contribution in [3.05, 3.63) is 12.3 Å². The van der Waals surface area contributed by atoms with Gasteiger partial charge in [0.2, 0.25) is 0 Å². The Labute approximate surface area is 73.6 Å². The van der Waals surface area contributed by atoms with Crippen LogP contribution in [0.15, 0.2) is 12.3 Å². The van der Waals surface area contributed by atoms with E-state index in [-0.39, 0.29) is 0 Å². The maximum atomic E-state index is 12.5. The molecular weight excluding hydrogens is 216 g/mol. The maximum Gasteiger partial charge on any atom is 0.393 e. The number of hydrogen-bond acceptors (Lipinski definition) is 1. The van der Waals surface area contributed by atoms with Gasteiger partial charge in [0.15, 0.2) is 0 Å². The van der Waals surface area contributed by atoms with E-state index >= 15 is 0 Å². The van der Waals surface area contributed by atoms with Gasteiger partial charge >= 0.3 is 23.7 Å². The van der Waals surface area contributed by atoms with Crippen LogP contribution in [0.4, 0.5) is 26.3 Å². The summed E-state index contributed by atoms with van der Waals surface area (Å²) in [7, 11) is 0. The molecule has 8 heteroatoms. The Bertz CT molecular complexity index is 281. The van der Waals surface area contributed by atoms with Crippen LogP contribution in [0.25, 0.3) is 0 Å². The van der Waals surface area contributed by atoms with E-state index < -0.39 is 29.4 Å². The third-order valence-electron chi connectivity index (χ3n) is 1.72. The van der Waals surface area contributed by atoms with Gasteiger partial charge in [-0.2, -0.15) is 26.3 Å². The first-order valence-electron chi connectivity index (χ1n) is 3.19. The van der Waals surface area contributed by atoms with E-state index in [4.69, 9.17) is 0 Å². The summed E-state index contributed by atoms with van der Waals surface area (Å²) in [6.45, 7) is 2.38. The minimum absolute atomic E-state index is 0.902. The molecule has 0 atom stereocenters. The lowest BCUT2D eigenvalue weighted by atomic mass is 9.97. The van der Waals surface area contributed by atoms with E-state index in [0.29, 0.717) is 0 Å². The van der Waals surface area contributed by atoms with Crippen molar-refractivity contribution in [1.29, 1.82) is 0 Å². The number of allylic oxidation sites excluding steroid dienone is 1. The Hall–Kier alpha value is -1.21. The Balaban J connectivity index is 3.31. The van der Waals surface area contributed by atoms with Crippen molar-refractivity contribution in [3.8, 4) is 0 Å². The standard InChI is InChI=1S/C6H3F6NO/c1-2-4(7,8)6(11,12)5(9,10)3(14)13-2/h1H2,(H,13,14). The molecule has 0 aromatic heterocycles. The van der Waals surface area contributed by atoms with Crippen LogP contribution >= 0.6 is 0 Å². The van der Waals surface area contributed by atoms with Crippen LogP contribution in [0.3, 0.4) is 0 Å². The summed E-state index contributed by atoms with van der Waals surface area (Å²) < 4.78 is 74.6. The van der Waals surface area contributed by atoms with Crippen molar-refractivity contribution >= 4 is 5.91 Å². The lowest BCUT2D eigenvalue weighted by Crippen LogP contribution is -2.67. The molecule has 14 heavy (non-hydrogen) atoms. The van der Waals surface area contributed by atoms with Crippen LogP contribution in [-0.2, 0) is 4.79 Å². The zero-order valence-corrected chi connectivity index (χ0v) is 6.38. The molecular formula is C6H3F6NO. The molecule has 1 aliphatic heterocycles. The molecule has 0 aliphatic carbocycles. The monoisotopic (exact) mass is 219 g/mol. The van der Waals surface area contributed by atoms with Gasteiger partial charge in [-0.3, -0.25) is 4.79 Å². The predicted molar refractivity (Wildman–Crippen MR) is 32.1 cm³/mol. The number of carbonyl (C=O) groups excluding carboxylic acids is 1. The average Bonchev–Trinajstić information content (AvgIpc) is 2.01. The van der Waals surface area contributed by atoms with Gasteiger partial charge in [-0.1, -0.05) is 6.58 Å². The molecule has 1 N–H and O–H groups in total. The average molecular weight is 219 g/mol. The third-order valence-corrected chi connectivity index (χ3v) is 1.72. The number of hydrogen-bond donors (Lipinski definition) is 1. The zero-order valence-electron chi connectivity index (χ0n) is 6.38. The number of amides is 1. The number of rotatable bonds is 0. The minimum Gasteiger partial charge on any atom is -0.319 e.